The van der Waals surface area contributed by atoms with Gasteiger partial charge in [0.1, 0.15) is 11.1 Å². The van der Waals surface area contributed by atoms with E-state index < -0.39 is 23.0 Å². The molecule has 0 aliphatic rings. The average molecular weight is 327 g/mol. The highest BCUT2D eigenvalue weighted by Gasteiger charge is 2.36. The Labute approximate surface area is 127 Å². The van der Waals surface area contributed by atoms with Gasteiger partial charge in [-0.2, -0.15) is 0 Å². The van der Waals surface area contributed by atoms with E-state index in [0.717, 1.165) is 0 Å². The highest BCUT2D eigenvalue weighted by molar-refractivity contribution is 6.39. The van der Waals surface area contributed by atoms with Crippen LogP contribution in [0.1, 0.15) is 39.5 Å². The minimum Gasteiger partial charge on any atom is -0.480 e. The summed E-state index contributed by atoms with van der Waals surface area (Å²) in [7, 11) is 0. The number of rotatable bonds is 8. The molecule has 2 unspecified atom stereocenters. The molecule has 0 aromatic rings. The summed E-state index contributed by atoms with van der Waals surface area (Å²) in [6, 6.07) is 0. The van der Waals surface area contributed by atoms with Crippen molar-refractivity contribution < 1.29 is 19.8 Å². The summed E-state index contributed by atoms with van der Waals surface area (Å²) in [5.41, 5.74) is 8.35. The van der Waals surface area contributed by atoms with Crippen LogP contribution in [0.4, 0.5) is 0 Å². The highest BCUT2D eigenvalue weighted by atomic mass is 35.5. The van der Waals surface area contributed by atoms with Gasteiger partial charge in [-0.3, -0.25) is 9.59 Å². The van der Waals surface area contributed by atoms with Crippen molar-refractivity contribution in [2.75, 3.05) is 0 Å². The fraction of sp³-hybridized carbons (Fsp3) is 0.667. The third-order valence-electron chi connectivity index (χ3n) is 3.35. The van der Waals surface area contributed by atoms with Crippen LogP contribution >= 0.6 is 23.2 Å². The van der Waals surface area contributed by atoms with E-state index in [1.807, 2.05) is 0 Å². The summed E-state index contributed by atoms with van der Waals surface area (Å²) >= 11 is 11.9. The number of aliphatic carboxylic acids is 2. The first-order chi connectivity index (χ1) is 9.02. The van der Waals surface area contributed by atoms with Crippen LogP contribution < -0.4 is 11.5 Å². The maximum atomic E-state index is 11.1. The van der Waals surface area contributed by atoms with E-state index in [1.165, 1.54) is 0 Å². The quantitative estimate of drug-likeness (QED) is 0.539. The number of carboxylic acid groups (broad SMARTS) is 2. The molecule has 0 saturated carbocycles. The number of halogens is 2. The van der Waals surface area contributed by atoms with Crippen molar-refractivity contribution in [2.24, 2.45) is 11.5 Å². The largest absolute Gasteiger partial charge is 0.480 e. The van der Waals surface area contributed by atoms with Crippen molar-refractivity contribution >= 4 is 35.1 Å². The van der Waals surface area contributed by atoms with E-state index in [1.54, 1.807) is 13.8 Å². The van der Waals surface area contributed by atoms with Crippen LogP contribution in [0.2, 0.25) is 0 Å². The summed E-state index contributed by atoms with van der Waals surface area (Å²) in [5, 5.41) is 18.2. The first-order valence-electron chi connectivity index (χ1n) is 6.10. The molecule has 8 heteroatoms. The predicted molar refractivity (Wildman–Crippen MR) is 77.7 cm³/mol. The van der Waals surface area contributed by atoms with Crippen molar-refractivity contribution in [3.63, 3.8) is 0 Å². The Hall–Kier alpha value is -0.820. The lowest BCUT2D eigenvalue weighted by molar-refractivity contribution is -0.144. The van der Waals surface area contributed by atoms with E-state index in [0.29, 0.717) is 0 Å². The Morgan fingerprint density at radius 1 is 0.900 bits per heavy atom. The van der Waals surface area contributed by atoms with Gasteiger partial charge in [-0.25, -0.2) is 0 Å². The van der Waals surface area contributed by atoms with Gasteiger partial charge >= 0.3 is 11.9 Å². The SMILES string of the molecule is CCC(N)(CC(Cl)=C(Cl)CC(N)(CC)C(=O)O)C(=O)O. The first-order valence-corrected chi connectivity index (χ1v) is 6.85. The lowest BCUT2D eigenvalue weighted by Crippen LogP contribution is -2.48. The molecule has 6 N–H and O–H groups in total. The summed E-state index contributed by atoms with van der Waals surface area (Å²) in [5.74, 6) is -2.40. The Morgan fingerprint density at radius 2 is 1.15 bits per heavy atom. The van der Waals surface area contributed by atoms with Crippen LogP contribution in [-0.4, -0.2) is 33.2 Å². The van der Waals surface area contributed by atoms with Gasteiger partial charge in [0.15, 0.2) is 0 Å². The van der Waals surface area contributed by atoms with Gasteiger partial charge in [0.2, 0.25) is 0 Å². The molecule has 0 aliphatic carbocycles. The monoisotopic (exact) mass is 326 g/mol. The zero-order valence-corrected chi connectivity index (χ0v) is 13.0. The number of hydrogen-bond acceptors (Lipinski definition) is 4. The molecule has 0 rings (SSSR count). The maximum absolute atomic E-state index is 11.1. The fourth-order valence-electron chi connectivity index (χ4n) is 1.45. The van der Waals surface area contributed by atoms with Crippen LogP contribution in [0.25, 0.3) is 0 Å². The van der Waals surface area contributed by atoms with E-state index >= 15 is 0 Å². The lowest BCUT2D eigenvalue weighted by atomic mass is 9.90. The van der Waals surface area contributed by atoms with Gasteiger partial charge in [-0.1, -0.05) is 37.0 Å². The lowest BCUT2D eigenvalue weighted by Gasteiger charge is -2.25. The smallest absolute Gasteiger partial charge is 0.324 e. The predicted octanol–water partition coefficient (Wildman–Crippen LogP) is 1.84. The third kappa shape index (κ3) is 4.63. The van der Waals surface area contributed by atoms with E-state index in [2.05, 4.69) is 0 Å². The molecule has 0 aromatic heterocycles. The van der Waals surface area contributed by atoms with Crippen molar-refractivity contribution in [1.82, 2.24) is 0 Å². The molecule has 0 aromatic carbocycles. The molecular formula is C12H20Cl2N2O4. The third-order valence-corrected chi connectivity index (χ3v) is 4.17. The highest BCUT2D eigenvalue weighted by Crippen LogP contribution is 2.30. The van der Waals surface area contributed by atoms with Gasteiger partial charge < -0.3 is 21.7 Å². The number of nitrogens with two attached hydrogens (primary N) is 2. The molecule has 0 bridgehead atoms. The minimum atomic E-state index is -1.54. The van der Waals surface area contributed by atoms with Crippen LogP contribution in [0, 0.1) is 0 Å². The van der Waals surface area contributed by atoms with Crippen molar-refractivity contribution in [3.05, 3.63) is 10.1 Å². The Bertz CT molecular complexity index is 390. The second kappa shape index (κ2) is 7.26. The zero-order chi connectivity index (χ0) is 16.1. The van der Waals surface area contributed by atoms with Crippen LogP contribution in [0.3, 0.4) is 0 Å². The number of carbonyl (C=O) groups is 2. The molecule has 0 heterocycles. The zero-order valence-electron chi connectivity index (χ0n) is 11.4. The normalized spacial score (nSPS) is 18.7. The van der Waals surface area contributed by atoms with Gasteiger partial charge in [-0.15, -0.1) is 0 Å². The van der Waals surface area contributed by atoms with E-state index in [-0.39, 0.29) is 35.7 Å². The molecule has 116 valence electrons. The molecule has 0 radical (unpaired) electrons. The van der Waals surface area contributed by atoms with E-state index in [9.17, 15) is 9.59 Å². The summed E-state index contributed by atoms with van der Waals surface area (Å²) < 4.78 is 0. The van der Waals surface area contributed by atoms with E-state index in [4.69, 9.17) is 44.9 Å². The Balaban J connectivity index is 5.19. The second-order valence-electron chi connectivity index (χ2n) is 4.79. The maximum Gasteiger partial charge on any atom is 0.324 e. The van der Waals surface area contributed by atoms with Gasteiger partial charge in [0, 0.05) is 22.9 Å². The first kappa shape index (κ1) is 19.2. The van der Waals surface area contributed by atoms with Crippen molar-refractivity contribution in [3.8, 4) is 0 Å². The van der Waals surface area contributed by atoms with Crippen LogP contribution in [0.15, 0.2) is 10.1 Å². The van der Waals surface area contributed by atoms with Crippen molar-refractivity contribution in [1.29, 1.82) is 0 Å². The fourth-order valence-corrected chi connectivity index (χ4v) is 2.06. The number of carboxylic acids is 2. The van der Waals surface area contributed by atoms with Crippen molar-refractivity contribution in [2.45, 2.75) is 50.6 Å². The Morgan fingerprint density at radius 3 is 1.30 bits per heavy atom. The molecule has 0 saturated heterocycles. The molecular weight excluding hydrogens is 307 g/mol. The molecule has 20 heavy (non-hydrogen) atoms. The molecule has 0 aliphatic heterocycles. The summed E-state index contributed by atoms with van der Waals surface area (Å²) in [6.07, 6.45) is -0.0519. The molecule has 0 fully saturated rings. The molecule has 6 nitrogen and oxygen atoms in total. The molecule has 0 amide bonds. The summed E-state index contributed by atoms with van der Waals surface area (Å²) in [6.45, 7) is 3.23. The number of hydrogen-bond donors (Lipinski definition) is 4. The second-order valence-corrected chi connectivity index (χ2v) is 5.71. The summed E-state index contributed by atoms with van der Waals surface area (Å²) in [4.78, 5) is 22.2. The molecule has 2 atom stereocenters. The van der Waals surface area contributed by atoms with Crippen LogP contribution in [-0.2, 0) is 9.59 Å². The standard InChI is InChI=1S/C12H20Cl2N2O4/c1-3-11(15,9(17)18)5-7(13)8(14)6-12(16,4-2)10(19)20/h3-6,15-16H2,1-2H3,(H,17,18)(H,19,20). The Kier molecular flexibility index (Phi) is 6.97. The van der Waals surface area contributed by atoms with Gasteiger partial charge in [-0.05, 0) is 12.8 Å². The van der Waals surface area contributed by atoms with Gasteiger partial charge in [0.25, 0.3) is 0 Å². The topological polar surface area (TPSA) is 127 Å². The average Bonchev–Trinajstić information content (AvgIpc) is 2.37. The van der Waals surface area contributed by atoms with Crippen LogP contribution in [0.5, 0.6) is 0 Å². The minimum absolute atomic E-state index is 0.0166. The molecule has 0 spiro atoms. The van der Waals surface area contributed by atoms with Gasteiger partial charge in [0.05, 0.1) is 0 Å².